The van der Waals surface area contributed by atoms with Crippen molar-refractivity contribution in [2.24, 2.45) is 0 Å². The molecule has 0 aliphatic heterocycles. The van der Waals surface area contributed by atoms with Crippen LogP contribution in [0.1, 0.15) is 21.5 Å². The van der Waals surface area contributed by atoms with Gasteiger partial charge in [0, 0.05) is 6.07 Å². The average Bonchev–Trinajstić information content (AvgIpc) is 2.26. The van der Waals surface area contributed by atoms with Gasteiger partial charge in [-0.2, -0.15) is 5.26 Å². The second kappa shape index (κ2) is 4.85. The van der Waals surface area contributed by atoms with Crippen molar-refractivity contribution in [2.45, 2.75) is 6.42 Å². The van der Waals surface area contributed by atoms with Crippen molar-refractivity contribution in [3.05, 3.63) is 38.9 Å². The molecule has 0 atom stereocenters. The standard InChI is InChI=1S/C10H6N2O5/c11-4-7-1-6(3-10(14)15)2-9(12(16)17)8(7)5-13/h1-2,5H,3H2,(H,14,15). The second-order valence-corrected chi connectivity index (χ2v) is 3.13. The molecule has 0 saturated carbocycles. The van der Waals surface area contributed by atoms with Crippen molar-refractivity contribution < 1.29 is 19.6 Å². The predicted octanol–water partition coefficient (Wildman–Crippen LogP) is 0.906. The number of hydrogen-bond donors (Lipinski definition) is 1. The molecule has 7 heteroatoms. The largest absolute Gasteiger partial charge is 0.481 e. The Morgan fingerprint density at radius 1 is 1.59 bits per heavy atom. The summed E-state index contributed by atoms with van der Waals surface area (Å²) in [5, 5.41) is 28.0. The summed E-state index contributed by atoms with van der Waals surface area (Å²) in [6.07, 6.45) is -0.240. The molecule has 0 radical (unpaired) electrons. The smallest absolute Gasteiger partial charge is 0.307 e. The molecule has 0 spiro atoms. The number of aliphatic carboxylic acids is 1. The molecule has 0 unspecified atom stereocenters. The van der Waals surface area contributed by atoms with Crippen LogP contribution in [0.15, 0.2) is 12.1 Å². The van der Waals surface area contributed by atoms with Gasteiger partial charge in [-0.25, -0.2) is 0 Å². The number of hydrogen-bond acceptors (Lipinski definition) is 5. The van der Waals surface area contributed by atoms with Crippen molar-refractivity contribution in [1.82, 2.24) is 0 Å². The molecule has 0 heterocycles. The second-order valence-electron chi connectivity index (χ2n) is 3.13. The number of nitro benzene ring substituents is 1. The maximum atomic E-state index is 10.7. The summed E-state index contributed by atoms with van der Waals surface area (Å²) in [5.74, 6) is -1.18. The number of nitro groups is 1. The van der Waals surface area contributed by atoms with Gasteiger partial charge in [0.05, 0.1) is 16.9 Å². The Labute approximate surface area is 95.1 Å². The zero-order chi connectivity index (χ0) is 13.0. The van der Waals surface area contributed by atoms with E-state index in [2.05, 4.69) is 0 Å². The minimum atomic E-state index is -1.18. The lowest BCUT2D eigenvalue weighted by molar-refractivity contribution is -0.385. The SMILES string of the molecule is N#Cc1cc(CC(=O)O)cc([N+](=O)[O-])c1C=O. The van der Waals surface area contributed by atoms with E-state index in [1.165, 1.54) is 0 Å². The molecule has 17 heavy (non-hydrogen) atoms. The summed E-state index contributed by atoms with van der Waals surface area (Å²) >= 11 is 0. The fourth-order valence-electron chi connectivity index (χ4n) is 1.34. The number of carboxylic acids is 1. The van der Waals surface area contributed by atoms with Crippen LogP contribution in [0.4, 0.5) is 5.69 Å². The molecule has 1 N–H and O–H groups in total. The first-order chi connectivity index (χ1) is 7.99. The third-order valence-corrected chi connectivity index (χ3v) is 2.01. The highest BCUT2D eigenvalue weighted by atomic mass is 16.6. The Morgan fingerprint density at radius 2 is 2.24 bits per heavy atom. The number of carboxylic acid groups (broad SMARTS) is 1. The lowest BCUT2D eigenvalue weighted by Crippen LogP contribution is -2.04. The maximum Gasteiger partial charge on any atom is 0.307 e. The van der Waals surface area contributed by atoms with E-state index < -0.39 is 23.0 Å². The first-order valence-corrected chi connectivity index (χ1v) is 4.38. The first kappa shape index (κ1) is 12.3. The molecule has 0 aliphatic carbocycles. The molecule has 0 amide bonds. The van der Waals surface area contributed by atoms with E-state index in [-0.39, 0.29) is 23.0 Å². The van der Waals surface area contributed by atoms with Gasteiger partial charge in [0.1, 0.15) is 11.6 Å². The molecule has 0 aromatic heterocycles. The van der Waals surface area contributed by atoms with Crippen LogP contribution in [0.3, 0.4) is 0 Å². The summed E-state index contributed by atoms with van der Waals surface area (Å²) in [4.78, 5) is 31.0. The third-order valence-electron chi connectivity index (χ3n) is 2.01. The van der Waals surface area contributed by atoms with Crippen molar-refractivity contribution in [2.75, 3.05) is 0 Å². The summed E-state index contributed by atoms with van der Waals surface area (Å²) in [6, 6.07) is 3.77. The summed E-state index contributed by atoms with van der Waals surface area (Å²) in [6.45, 7) is 0. The van der Waals surface area contributed by atoms with Gasteiger partial charge < -0.3 is 5.11 Å². The van der Waals surface area contributed by atoms with E-state index in [1.54, 1.807) is 6.07 Å². The van der Waals surface area contributed by atoms with Crippen LogP contribution in [0.5, 0.6) is 0 Å². The van der Waals surface area contributed by atoms with E-state index >= 15 is 0 Å². The number of rotatable bonds is 4. The van der Waals surface area contributed by atoms with Crippen LogP contribution in [-0.2, 0) is 11.2 Å². The third kappa shape index (κ3) is 2.63. The fraction of sp³-hybridized carbons (Fsp3) is 0.100. The van der Waals surface area contributed by atoms with Gasteiger partial charge in [-0.15, -0.1) is 0 Å². The van der Waals surface area contributed by atoms with Crippen LogP contribution < -0.4 is 0 Å². The van der Waals surface area contributed by atoms with E-state index in [4.69, 9.17) is 10.4 Å². The van der Waals surface area contributed by atoms with E-state index in [0.29, 0.717) is 0 Å². The predicted molar refractivity (Wildman–Crippen MR) is 54.5 cm³/mol. The Kier molecular flexibility index (Phi) is 3.51. The number of carbonyl (C=O) groups is 2. The quantitative estimate of drug-likeness (QED) is 0.469. The summed E-state index contributed by atoms with van der Waals surface area (Å²) in [5.41, 5.74) is -1.00. The van der Waals surface area contributed by atoms with Crippen molar-refractivity contribution >= 4 is 17.9 Å². The van der Waals surface area contributed by atoms with Crippen LogP contribution in [0, 0.1) is 21.4 Å². The number of aldehydes is 1. The summed E-state index contributed by atoms with van der Waals surface area (Å²) < 4.78 is 0. The van der Waals surface area contributed by atoms with Gasteiger partial charge in [0.15, 0.2) is 6.29 Å². The van der Waals surface area contributed by atoms with Crippen LogP contribution >= 0.6 is 0 Å². The van der Waals surface area contributed by atoms with Crippen molar-refractivity contribution in [3.8, 4) is 6.07 Å². The lowest BCUT2D eigenvalue weighted by Gasteiger charge is -2.02. The molecule has 1 rings (SSSR count). The lowest BCUT2D eigenvalue weighted by atomic mass is 10.0. The van der Waals surface area contributed by atoms with Gasteiger partial charge in [-0.1, -0.05) is 0 Å². The topological polar surface area (TPSA) is 121 Å². The van der Waals surface area contributed by atoms with Crippen LogP contribution in [0.25, 0.3) is 0 Å². The van der Waals surface area contributed by atoms with Gasteiger partial charge >= 0.3 is 5.97 Å². The maximum absolute atomic E-state index is 10.7. The highest BCUT2D eigenvalue weighted by Crippen LogP contribution is 2.23. The van der Waals surface area contributed by atoms with Gasteiger partial charge in [-0.3, -0.25) is 19.7 Å². The number of carbonyl (C=O) groups excluding carboxylic acids is 1. The monoisotopic (exact) mass is 234 g/mol. The molecule has 1 aromatic rings. The van der Waals surface area contributed by atoms with Crippen LogP contribution in [0.2, 0.25) is 0 Å². The van der Waals surface area contributed by atoms with Gasteiger partial charge in [-0.05, 0) is 11.6 Å². The summed E-state index contributed by atoms with van der Waals surface area (Å²) in [7, 11) is 0. The van der Waals surface area contributed by atoms with Gasteiger partial charge in [0.25, 0.3) is 5.69 Å². The van der Waals surface area contributed by atoms with Crippen LogP contribution in [-0.4, -0.2) is 22.3 Å². The Bertz CT molecular complexity index is 544. The molecule has 0 aliphatic rings. The number of nitriles is 1. The normalized spacial score (nSPS) is 9.35. The van der Waals surface area contributed by atoms with E-state index in [9.17, 15) is 19.7 Å². The zero-order valence-corrected chi connectivity index (χ0v) is 8.41. The first-order valence-electron chi connectivity index (χ1n) is 4.38. The van der Waals surface area contributed by atoms with E-state index in [0.717, 1.165) is 12.1 Å². The average molecular weight is 234 g/mol. The Hall–Kier alpha value is -2.75. The minimum absolute atomic E-state index is 0.103. The Morgan fingerprint density at radius 3 is 2.65 bits per heavy atom. The van der Waals surface area contributed by atoms with Gasteiger partial charge in [0.2, 0.25) is 0 Å². The minimum Gasteiger partial charge on any atom is -0.481 e. The molecule has 1 aromatic carbocycles. The Balaban J connectivity index is 3.46. The molecular formula is C10H6N2O5. The van der Waals surface area contributed by atoms with E-state index in [1.807, 2.05) is 0 Å². The molecule has 86 valence electrons. The fourth-order valence-corrected chi connectivity index (χ4v) is 1.34. The molecule has 0 bridgehead atoms. The highest BCUT2D eigenvalue weighted by Gasteiger charge is 2.19. The van der Waals surface area contributed by atoms with Crippen molar-refractivity contribution in [1.29, 1.82) is 5.26 Å². The van der Waals surface area contributed by atoms with Crippen molar-refractivity contribution in [3.63, 3.8) is 0 Å². The molecule has 0 saturated heterocycles. The number of nitrogens with zero attached hydrogens (tertiary/aromatic N) is 2. The molecule has 0 fully saturated rings. The molecular weight excluding hydrogens is 228 g/mol. The molecule has 7 nitrogen and oxygen atoms in total. The highest BCUT2D eigenvalue weighted by molar-refractivity contribution is 5.86. The zero-order valence-electron chi connectivity index (χ0n) is 8.41. The number of benzene rings is 1.